The third kappa shape index (κ3) is 2.58. The molecular formula is C15H24N3O4P. The number of carbonyl (C=O) groups excluding carboxylic acids is 2. The van der Waals surface area contributed by atoms with E-state index >= 15 is 0 Å². The van der Waals surface area contributed by atoms with Crippen LogP contribution in [0.2, 0.25) is 0 Å². The van der Waals surface area contributed by atoms with Gasteiger partial charge >= 0.3 is 20.3 Å². The second kappa shape index (κ2) is 5.96. The van der Waals surface area contributed by atoms with Crippen LogP contribution in [0.25, 0.3) is 0 Å². The number of hydrogen-bond acceptors (Lipinski definition) is 7. The minimum absolute atomic E-state index is 0.00947. The standard InChI is InChI=1S/C15H24N3O4P/c1-15(9-5-7-16-8-6-9)12(19)21-23(22-13(15)20)14-17-10-3-2-4-11(10)18-14/h9-11,14,16-18H,2-8H2,1H3. The van der Waals surface area contributed by atoms with Crippen molar-refractivity contribution in [3.63, 3.8) is 0 Å². The topological polar surface area (TPSA) is 88.7 Å². The summed E-state index contributed by atoms with van der Waals surface area (Å²) < 4.78 is 11.2. The molecule has 8 heteroatoms. The van der Waals surface area contributed by atoms with Gasteiger partial charge in [0.2, 0.25) is 0 Å². The average Bonchev–Trinajstić information content (AvgIpc) is 3.14. The van der Waals surface area contributed by atoms with Gasteiger partial charge in [0.1, 0.15) is 0 Å². The molecule has 3 heterocycles. The fourth-order valence-electron chi connectivity index (χ4n) is 4.23. The third-order valence-corrected chi connectivity index (χ3v) is 7.23. The number of piperidine rings is 1. The molecule has 128 valence electrons. The quantitative estimate of drug-likeness (QED) is 0.506. The van der Waals surface area contributed by atoms with Crippen molar-refractivity contribution in [2.24, 2.45) is 11.3 Å². The van der Waals surface area contributed by atoms with Gasteiger partial charge in [-0.3, -0.25) is 20.2 Å². The van der Waals surface area contributed by atoms with Gasteiger partial charge < -0.3 is 14.4 Å². The summed E-state index contributed by atoms with van der Waals surface area (Å²) >= 11 is 0. The van der Waals surface area contributed by atoms with E-state index < -0.39 is 25.7 Å². The van der Waals surface area contributed by atoms with Gasteiger partial charge in [-0.1, -0.05) is 6.42 Å². The molecule has 23 heavy (non-hydrogen) atoms. The van der Waals surface area contributed by atoms with Crippen LogP contribution in [-0.4, -0.2) is 43.0 Å². The smallest absolute Gasteiger partial charge is 0.329 e. The molecule has 0 bridgehead atoms. The Labute approximate surface area is 137 Å². The van der Waals surface area contributed by atoms with Crippen LogP contribution in [0.5, 0.6) is 0 Å². The largest absolute Gasteiger partial charge is 0.404 e. The highest BCUT2D eigenvalue weighted by Gasteiger charge is 2.58. The molecule has 0 spiro atoms. The summed E-state index contributed by atoms with van der Waals surface area (Å²) in [7, 11) is -1.59. The fourth-order valence-corrected chi connectivity index (χ4v) is 5.81. The lowest BCUT2D eigenvalue weighted by Gasteiger charge is -2.40. The van der Waals surface area contributed by atoms with Crippen LogP contribution in [0.15, 0.2) is 0 Å². The van der Waals surface area contributed by atoms with E-state index in [9.17, 15) is 9.59 Å². The first kappa shape index (κ1) is 15.8. The summed E-state index contributed by atoms with van der Waals surface area (Å²) in [6.45, 7) is 3.33. The van der Waals surface area contributed by atoms with Crippen molar-refractivity contribution in [3.8, 4) is 0 Å². The summed E-state index contributed by atoms with van der Waals surface area (Å²) in [6, 6.07) is 0.801. The predicted octanol–water partition coefficient (Wildman–Crippen LogP) is 0.802. The molecule has 2 unspecified atom stereocenters. The predicted molar refractivity (Wildman–Crippen MR) is 84.3 cm³/mol. The number of nitrogens with one attached hydrogen (secondary N) is 3. The lowest BCUT2D eigenvalue weighted by Crippen LogP contribution is -2.51. The molecule has 0 amide bonds. The molecule has 2 atom stereocenters. The van der Waals surface area contributed by atoms with Gasteiger partial charge in [-0.25, -0.2) is 0 Å². The van der Waals surface area contributed by atoms with E-state index in [1.54, 1.807) is 6.92 Å². The van der Waals surface area contributed by atoms with E-state index in [4.69, 9.17) is 9.05 Å². The molecule has 3 N–H and O–H groups in total. The first-order chi connectivity index (χ1) is 11.1. The van der Waals surface area contributed by atoms with E-state index in [2.05, 4.69) is 16.0 Å². The van der Waals surface area contributed by atoms with Gasteiger partial charge in [0.15, 0.2) is 11.3 Å². The van der Waals surface area contributed by atoms with Crippen LogP contribution < -0.4 is 16.0 Å². The van der Waals surface area contributed by atoms with Gasteiger partial charge in [0.05, 0.1) is 0 Å². The molecule has 1 aliphatic carbocycles. The third-order valence-electron chi connectivity index (χ3n) is 5.82. The average molecular weight is 341 g/mol. The van der Waals surface area contributed by atoms with Gasteiger partial charge in [-0.2, -0.15) is 0 Å². The van der Waals surface area contributed by atoms with Crippen LogP contribution in [-0.2, 0) is 18.6 Å². The summed E-state index contributed by atoms with van der Waals surface area (Å²) in [5, 5.41) is 10.1. The maximum Gasteiger partial charge on any atom is 0.329 e. The van der Waals surface area contributed by atoms with Crippen LogP contribution in [0.3, 0.4) is 0 Å². The number of rotatable bonds is 2. The Morgan fingerprint density at radius 1 is 1.00 bits per heavy atom. The molecule has 4 aliphatic rings. The minimum atomic E-state index is -1.59. The van der Waals surface area contributed by atoms with E-state index in [0.29, 0.717) is 12.1 Å². The van der Waals surface area contributed by atoms with Crippen molar-refractivity contribution in [3.05, 3.63) is 0 Å². The molecule has 7 nitrogen and oxygen atoms in total. The second-order valence-electron chi connectivity index (χ2n) is 7.15. The Kier molecular flexibility index (Phi) is 4.08. The Morgan fingerprint density at radius 2 is 1.57 bits per heavy atom. The molecule has 0 radical (unpaired) electrons. The Morgan fingerprint density at radius 3 is 2.13 bits per heavy atom. The van der Waals surface area contributed by atoms with Crippen molar-refractivity contribution < 1.29 is 18.6 Å². The fraction of sp³-hybridized carbons (Fsp3) is 0.867. The SMILES string of the molecule is CC1(C2CCNCC2)C(=O)OP(C2NC3CCCC3N2)OC1=O. The van der Waals surface area contributed by atoms with Gasteiger partial charge in [-0.05, 0) is 51.6 Å². The Bertz CT molecular complexity index is 481. The summed E-state index contributed by atoms with van der Waals surface area (Å²) in [5.74, 6) is -1.06. The van der Waals surface area contributed by atoms with Crippen LogP contribution in [0.1, 0.15) is 39.0 Å². The van der Waals surface area contributed by atoms with E-state index in [1.165, 1.54) is 6.42 Å². The number of carbonyl (C=O) groups is 2. The van der Waals surface area contributed by atoms with Gasteiger partial charge in [-0.15, -0.1) is 0 Å². The Hall–Kier alpha value is -0.750. The first-order valence-corrected chi connectivity index (χ1v) is 9.80. The van der Waals surface area contributed by atoms with Gasteiger partial charge in [0.25, 0.3) is 0 Å². The van der Waals surface area contributed by atoms with E-state index in [-0.39, 0.29) is 11.8 Å². The lowest BCUT2D eigenvalue weighted by molar-refractivity contribution is -0.170. The molecule has 0 aromatic rings. The van der Waals surface area contributed by atoms with Crippen molar-refractivity contribution in [1.29, 1.82) is 0 Å². The van der Waals surface area contributed by atoms with Crippen molar-refractivity contribution in [2.75, 3.05) is 13.1 Å². The monoisotopic (exact) mass is 341 g/mol. The number of fused-ring (bicyclic) bond motifs is 1. The first-order valence-electron chi connectivity index (χ1n) is 8.56. The zero-order valence-electron chi connectivity index (χ0n) is 13.3. The molecule has 1 saturated carbocycles. The summed E-state index contributed by atoms with van der Waals surface area (Å²) in [5.41, 5.74) is -1.16. The van der Waals surface area contributed by atoms with Crippen LogP contribution in [0, 0.1) is 11.3 Å². The summed E-state index contributed by atoms with van der Waals surface area (Å²) in [4.78, 5) is 25.3. The normalized spacial score (nSPS) is 44.7. The molecule has 0 aromatic heterocycles. The number of hydrogen-bond donors (Lipinski definition) is 3. The highest BCUT2D eigenvalue weighted by molar-refractivity contribution is 7.49. The Balaban J connectivity index is 1.45. The molecule has 4 fully saturated rings. The van der Waals surface area contributed by atoms with Crippen molar-refractivity contribution in [2.45, 2.75) is 57.0 Å². The van der Waals surface area contributed by atoms with Crippen molar-refractivity contribution >= 4 is 20.3 Å². The molecule has 4 rings (SSSR count). The molecule has 3 aliphatic heterocycles. The zero-order valence-corrected chi connectivity index (χ0v) is 14.2. The highest BCUT2D eigenvalue weighted by Crippen LogP contribution is 2.54. The zero-order chi connectivity index (χ0) is 16.0. The maximum absolute atomic E-state index is 12.7. The van der Waals surface area contributed by atoms with Crippen molar-refractivity contribution in [1.82, 2.24) is 16.0 Å². The van der Waals surface area contributed by atoms with Crippen LogP contribution >= 0.6 is 8.38 Å². The van der Waals surface area contributed by atoms with Crippen LogP contribution in [0.4, 0.5) is 0 Å². The molecule has 0 aromatic carbocycles. The highest BCUT2D eigenvalue weighted by atomic mass is 31.2. The molecular weight excluding hydrogens is 317 g/mol. The van der Waals surface area contributed by atoms with Gasteiger partial charge in [0, 0.05) is 12.1 Å². The van der Waals surface area contributed by atoms with E-state index in [0.717, 1.165) is 38.8 Å². The summed E-state index contributed by atoms with van der Waals surface area (Å²) in [6.07, 6.45) is 5.02. The maximum atomic E-state index is 12.7. The van der Waals surface area contributed by atoms with E-state index in [1.807, 2.05) is 0 Å². The second-order valence-corrected chi connectivity index (χ2v) is 8.60. The lowest BCUT2D eigenvalue weighted by atomic mass is 9.72. The minimum Gasteiger partial charge on any atom is -0.404 e. The molecule has 3 saturated heterocycles.